The highest BCUT2D eigenvalue weighted by Crippen LogP contribution is 2.08. The number of aliphatic carboxylic acids is 2. The Morgan fingerprint density at radius 1 is 0.839 bits per heavy atom. The molecule has 3 amide bonds. The summed E-state index contributed by atoms with van der Waals surface area (Å²) in [5.41, 5.74) is 5.83. The maximum absolute atomic E-state index is 12.7. The molecule has 8 N–H and O–H groups in total. The molecule has 0 saturated heterocycles. The van der Waals surface area contributed by atoms with Crippen LogP contribution in [-0.2, 0) is 24.0 Å². The van der Waals surface area contributed by atoms with Gasteiger partial charge >= 0.3 is 11.9 Å². The molecule has 0 aromatic heterocycles. The molecule has 0 aliphatic rings. The predicted molar refractivity (Wildman–Crippen MR) is 110 cm³/mol. The largest absolute Gasteiger partial charge is 0.481 e. The van der Waals surface area contributed by atoms with E-state index in [1.807, 2.05) is 6.92 Å². The van der Waals surface area contributed by atoms with Crippen LogP contribution in [0.5, 0.6) is 0 Å². The van der Waals surface area contributed by atoms with Crippen molar-refractivity contribution in [2.24, 2.45) is 17.6 Å². The van der Waals surface area contributed by atoms with E-state index in [0.717, 1.165) is 0 Å². The van der Waals surface area contributed by atoms with Gasteiger partial charge in [0.1, 0.15) is 18.1 Å². The first-order valence-corrected chi connectivity index (χ1v) is 10.1. The van der Waals surface area contributed by atoms with E-state index < -0.39 is 66.9 Å². The van der Waals surface area contributed by atoms with Crippen LogP contribution in [0.25, 0.3) is 0 Å². The summed E-state index contributed by atoms with van der Waals surface area (Å²) in [4.78, 5) is 59.7. The summed E-state index contributed by atoms with van der Waals surface area (Å²) in [6.45, 7) is 6.23. The number of nitrogens with one attached hydrogen (secondary N) is 3. The van der Waals surface area contributed by atoms with E-state index in [-0.39, 0.29) is 18.3 Å². The van der Waals surface area contributed by atoms with Crippen molar-refractivity contribution in [2.75, 3.05) is 6.61 Å². The number of carbonyl (C=O) groups is 5. The van der Waals surface area contributed by atoms with Gasteiger partial charge in [0.2, 0.25) is 17.7 Å². The zero-order valence-electron chi connectivity index (χ0n) is 18.3. The Labute approximate surface area is 180 Å². The molecule has 0 saturated carbocycles. The third-order valence-electron chi connectivity index (χ3n) is 4.71. The van der Waals surface area contributed by atoms with Crippen molar-refractivity contribution in [3.05, 3.63) is 0 Å². The summed E-state index contributed by atoms with van der Waals surface area (Å²) < 4.78 is 0. The summed E-state index contributed by atoms with van der Waals surface area (Å²) in [7, 11) is 0. The van der Waals surface area contributed by atoms with Gasteiger partial charge in [0.05, 0.1) is 19.1 Å². The van der Waals surface area contributed by atoms with Crippen LogP contribution in [0.2, 0.25) is 0 Å². The van der Waals surface area contributed by atoms with Gasteiger partial charge in [-0.25, -0.2) is 4.79 Å². The first-order chi connectivity index (χ1) is 14.3. The third kappa shape index (κ3) is 10.2. The van der Waals surface area contributed by atoms with Gasteiger partial charge in [0, 0.05) is 0 Å². The van der Waals surface area contributed by atoms with E-state index in [9.17, 15) is 24.0 Å². The van der Waals surface area contributed by atoms with Crippen molar-refractivity contribution < 1.29 is 39.3 Å². The summed E-state index contributed by atoms with van der Waals surface area (Å²) in [6.07, 6.45) is -0.0404. The Morgan fingerprint density at radius 3 is 1.74 bits per heavy atom. The molecule has 178 valence electrons. The SMILES string of the molecule is CCC(C)C(N)C(=O)NC(CC(=O)O)C(=O)NC(CC(C)C)C(=O)NC(CO)C(=O)O. The number of carboxylic acids is 2. The number of hydrogen-bond donors (Lipinski definition) is 7. The van der Waals surface area contributed by atoms with Crippen molar-refractivity contribution in [3.63, 3.8) is 0 Å². The number of carboxylic acid groups (broad SMARTS) is 2. The molecule has 0 aliphatic heterocycles. The standard InChI is InChI=1S/C19H34N4O8/c1-5-10(4)15(20)18(29)22-12(7-14(25)26)17(28)21-11(6-9(2)3)16(27)23-13(8-24)19(30)31/h9-13,15,24H,5-8,20H2,1-4H3,(H,21,28)(H,22,29)(H,23,27)(H,25,26)(H,30,31). The highest BCUT2D eigenvalue weighted by molar-refractivity contribution is 5.95. The normalized spacial score (nSPS) is 15.8. The van der Waals surface area contributed by atoms with E-state index in [2.05, 4.69) is 16.0 Å². The molecule has 0 rings (SSSR count). The fraction of sp³-hybridized carbons (Fsp3) is 0.737. The molecule has 0 radical (unpaired) electrons. The van der Waals surface area contributed by atoms with Crippen molar-refractivity contribution in [3.8, 4) is 0 Å². The van der Waals surface area contributed by atoms with E-state index in [1.54, 1.807) is 20.8 Å². The molecule has 0 spiro atoms. The van der Waals surface area contributed by atoms with Gasteiger partial charge in [-0.2, -0.15) is 0 Å². The lowest BCUT2D eigenvalue weighted by molar-refractivity contribution is -0.144. The second kappa shape index (κ2) is 13.5. The first-order valence-electron chi connectivity index (χ1n) is 10.1. The molecule has 5 unspecified atom stereocenters. The molecule has 0 aromatic rings. The average Bonchev–Trinajstić information content (AvgIpc) is 2.68. The molecule has 12 heteroatoms. The van der Waals surface area contributed by atoms with E-state index >= 15 is 0 Å². The molecule has 5 atom stereocenters. The van der Waals surface area contributed by atoms with Gasteiger partial charge in [-0.15, -0.1) is 0 Å². The summed E-state index contributed by atoms with van der Waals surface area (Å²) >= 11 is 0. The van der Waals surface area contributed by atoms with Crippen molar-refractivity contribution in [2.45, 2.75) is 71.1 Å². The highest BCUT2D eigenvalue weighted by atomic mass is 16.4. The zero-order valence-corrected chi connectivity index (χ0v) is 18.3. The Bertz CT molecular complexity index is 655. The average molecular weight is 447 g/mol. The van der Waals surface area contributed by atoms with Gasteiger partial charge in [0.15, 0.2) is 0 Å². The Balaban J connectivity index is 5.48. The van der Waals surface area contributed by atoms with Crippen LogP contribution in [0.3, 0.4) is 0 Å². The minimum absolute atomic E-state index is 0.0974. The van der Waals surface area contributed by atoms with Crippen LogP contribution in [0, 0.1) is 11.8 Å². The van der Waals surface area contributed by atoms with Gasteiger partial charge in [-0.1, -0.05) is 34.1 Å². The zero-order chi connectivity index (χ0) is 24.3. The summed E-state index contributed by atoms with van der Waals surface area (Å²) in [6, 6.07) is -5.22. The minimum atomic E-state index is -1.57. The predicted octanol–water partition coefficient (Wildman–Crippen LogP) is -1.59. The van der Waals surface area contributed by atoms with Crippen LogP contribution in [0.4, 0.5) is 0 Å². The number of aliphatic hydroxyl groups excluding tert-OH is 1. The van der Waals surface area contributed by atoms with Gasteiger partial charge in [0.25, 0.3) is 0 Å². The lowest BCUT2D eigenvalue weighted by atomic mass is 9.98. The number of amides is 3. The molecule has 0 aliphatic carbocycles. The van der Waals surface area contributed by atoms with Crippen molar-refractivity contribution in [1.29, 1.82) is 0 Å². The van der Waals surface area contributed by atoms with Gasteiger partial charge in [-0.3, -0.25) is 19.2 Å². The van der Waals surface area contributed by atoms with Crippen LogP contribution >= 0.6 is 0 Å². The number of aliphatic hydroxyl groups is 1. The molecule has 0 aromatic carbocycles. The van der Waals surface area contributed by atoms with Gasteiger partial charge < -0.3 is 37.0 Å². The van der Waals surface area contributed by atoms with Crippen LogP contribution in [-0.4, -0.2) is 75.8 Å². The van der Waals surface area contributed by atoms with Crippen LogP contribution < -0.4 is 21.7 Å². The molecule has 31 heavy (non-hydrogen) atoms. The molecular formula is C19H34N4O8. The second-order valence-corrected chi connectivity index (χ2v) is 7.84. The van der Waals surface area contributed by atoms with E-state index in [0.29, 0.717) is 6.42 Å². The third-order valence-corrected chi connectivity index (χ3v) is 4.71. The maximum Gasteiger partial charge on any atom is 0.328 e. The second-order valence-electron chi connectivity index (χ2n) is 7.84. The summed E-state index contributed by atoms with van der Waals surface area (Å²) in [5, 5.41) is 34.0. The molecule has 12 nitrogen and oxygen atoms in total. The lowest BCUT2D eigenvalue weighted by Crippen LogP contribution is -2.58. The van der Waals surface area contributed by atoms with E-state index in [4.69, 9.17) is 21.1 Å². The van der Waals surface area contributed by atoms with Crippen molar-refractivity contribution in [1.82, 2.24) is 16.0 Å². The monoisotopic (exact) mass is 446 g/mol. The van der Waals surface area contributed by atoms with Crippen molar-refractivity contribution >= 4 is 29.7 Å². The van der Waals surface area contributed by atoms with Crippen LogP contribution in [0.1, 0.15) is 47.0 Å². The number of carbonyl (C=O) groups excluding carboxylic acids is 3. The maximum atomic E-state index is 12.7. The molecule has 0 fully saturated rings. The van der Waals surface area contributed by atoms with E-state index in [1.165, 1.54) is 0 Å². The Hall–Kier alpha value is -2.73. The number of rotatable bonds is 14. The molecular weight excluding hydrogens is 412 g/mol. The molecule has 0 heterocycles. The fourth-order valence-corrected chi connectivity index (χ4v) is 2.60. The van der Waals surface area contributed by atoms with Crippen LogP contribution in [0.15, 0.2) is 0 Å². The molecule has 0 bridgehead atoms. The summed E-state index contributed by atoms with van der Waals surface area (Å²) in [5.74, 6) is -5.61. The number of nitrogens with two attached hydrogens (primary N) is 1. The first kappa shape index (κ1) is 28.3. The lowest BCUT2D eigenvalue weighted by Gasteiger charge is -2.26. The minimum Gasteiger partial charge on any atom is -0.481 e. The fourth-order valence-electron chi connectivity index (χ4n) is 2.60. The Kier molecular flexibility index (Phi) is 12.4. The highest BCUT2D eigenvalue weighted by Gasteiger charge is 2.32. The number of hydrogen-bond acceptors (Lipinski definition) is 7. The topological polar surface area (TPSA) is 208 Å². The van der Waals surface area contributed by atoms with Gasteiger partial charge in [-0.05, 0) is 18.3 Å². The smallest absolute Gasteiger partial charge is 0.328 e. The Morgan fingerprint density at radius 2 is 1.32 bits per heavy atom. The quantitative estimate of drug-likeness (QED) is 0.164.